The molecule has 0 atom stereocenters. The van der Waals surface area contributed by atoms with E-state index in [1.807, 2.05) is 18.2 Å². The molecule has 0 aliphatic heterocycles. The highest BCUT2D eigenvalue weighted by atomic mass is 16.5. The Labute approximate surface area is 128 Å². The van der Waals surface area contributed by atoms with Gasteiger partial charge in [0.05, 0.1) is 7.11 Å². The van der Waals surface area contributed by atoms with E-state index in [0.29, 0.717) is 17.0 Å². The summed E-state index contributed by atoms with van der Waals surface area (Å²) in [7, 11) is 1.56. The number of anilines is 1. The second-order valence-electron chi connectivity index (χ2n) is 4.57. The van der Waals surface area contributed by atoms with Gasteiger partial charge in [-0.2, -0.15) is 0 Å². The van der Waals surface area contributed by atoms with Crippen LogP contribution in [0.4, 0.5) is 10.5 Å². The van der Waals surface area contributed by atoms with Crippen molar-refractivity contribution in [2.45, 2.75) is 6.54 Å². The summed E-state index contributed by atoms with van der Waals surface area (Å²) in [4.78, 5) is 23.6. The van der Waals surface area contributed by atoms with Crippen molar-refractivity contribution in [3.8, 4) is 5.75 Å². The summed E-state index contributed by atoms with van der Waals surface area (Å²) >= 11 is 0. The van der Waals surface area contributed by atoms with E-state index in [4.69, 9.17) is 10.5 Å². The van der Waals surface area contributed by atoms with Gasteiger partial charge in [-0.1, -0.05) is 18.2 Å². The third kappa shape index (κ3) is 3.99. The van der Waals surface area contributed by atoms with E-state index < -0.39 is 11.9 Å². The predicted molar refractivity (Wildman–Crippen MR) is 83.6 cm³/mol. The van der Waals surface area contributed by atoms with E-state index in [9.17, 15) is 9.59 Å². The average molecular weight is 299 g/mol. The summed E-state index contributed by atoms with van der Waals surface area (Å²) in [6.45, 7) is 0.255. The smallest absolute Gasteiger partial charge is 0.321 e. The van der Waals surface area contributed by atoms with Crippen LogP contribution in [0.1, 0.15) is 15.9 Å². The number of carbonyl (C=O) groups excluding carboxylic acids is 2. The summed E-state index contributed by atoms with van der Waals surface area (Å²) in [5.74, 6) is 0.185. The lowest BCUT2D eigenvalue weighted by Gasteiger charge is -2.10. The van der Waals surface area contributed by atoms with Gasteiger partial charge < -0.3 is 15.8 Å². The van der Waals surface area contributed by atoms with E-state index in [0.717, 1.165) is 5.56 Å². The molecule has 114 valence electrons. The largest absolute Gasteiger partial charge is 0.496 e. The Morgan fingerprint density at radius 1 is 1.09 bits per heavy atom. The minimum Gasteiger partial charge on any atom is -0.496 e. The predicted octanol–water partition coefficient (Wildman–Crippen LogP) is 1.92. The Kier molecular flexibility index (Phi) is 4.98. The molecule has 6 heteroatoms. The van der Waals surface area contributed by atoms with Crippen molar-refractivity contribution >= 4 is 17.6 Å². The topological polar surface area (TPSA) is 93.5 Å². The van der Waals surface area contributed by atoms with E-state index in [-0.39, 0.29) is 6.54 Å². The highest BCUT2D eigenvalue weighted by molar-refractivity contribution is 6.04. The van der Waals surface area contributed by atoms with Crippen molar-refractivity contribution < 1.29 is 14.3 Å². The summed E-state index contributed by atoms with van der Waals surface area (Å²) in [6.07, 6.45) is 0. The number of nitrogens with two attached hydrogens (primary N) is 1. The molecule has 0 heterocycles. The molecular formula is C16H17N3O3. The van der Waals surface area contributed by atoms with Gasteiger partial charge in [-0.15, -0.1) is 0 Å². The normalized spacial score (nSPS) is 9.86. The fourth-order valence-corrected chi connectivity index (χ4v) is 1.88. The van der Waals surface area contributed by atoms with Gasteiger partial charge in [0.2, 0.25) is 0 Å². The number of carbonyl (C=O) groups is 2. The lowest BCUT2D eigenvalue weighted by Crippen LogP contribution is -2.39. The summed E-state index contributed by atoms with van der Waals surface area (Å²) in [6, 6.07) is 13.0. The fraction of sp³-hybridized carbons (Fsp3) is 0.125. The van der Waals surface area contributed by atoms with Crippen molar-refractivity contribution in [3.63, 3.8) is 0 Å². The standard InChI is InChI=1S/C16H17N3O3/c1-22-14-5-3-2-4-12(14)10-18-16(21)19-15(20)11-6-8-13(17)9-7-11/h2-9H,10,17H2,1H3,(H2,18,19,20,21). The van der Waals surface area contributed by atoms with Gasteiger partial charge in [-0.25, -0.2) is 4.79 Å². The molecule has 0 unspecified atom stereocenters. The van der Waals surface area contributed by atoms with Crippen LogP contribution < -0.4 is 21.1 Å². The number of nitrogens with one attached hydrogen (secondary N) is 2. The number of imide groups is 1. The first-order valence-corrected chi connectivity index (χ1v) is 6.67. The van der Waals surface area contributed by atoms with Crippen LogP contribution in [0.2, 0.25) is 0 Å². The van der Waals surface area contributed by atoms with Crippen molar-refractivity contribution in [3.05, 3.63) is 59.7 Å². The molecule has 0 aliphatic rings. The maximum Gasteiger partial charge on any atom is 0.321 e. The minimum absolute atomic E-state index is 0.255. The Bertz CT molecular complexity index is 669. The second kappa shape index (κ2) is 7.12. The van der Waals surface area contributed by atoms with Crippen molar-refractivity contribution in [1.82, 2.24) is 10.6 Å². The third-order valence-electron chi connectivity index (χ3n) is 3.03. The molecule has 22 heavy (non-hydrogen) atoms. The molecule has 0 saturated heterocycles. The number of methoxy groups -OCH3 is 1. The van der Waals surface area contributed by atoms with Crippen LogP contribution in [0.5, 0.6) is 5.75 Å². The highest BCUT2D eigenvalue weighted by Gasteiger charge is 2.10. The summed E-state index contributed by atoms with van der Waals surface area (Å²) in [5, 5.41) is 4.86. The average Bonchev–Trinajstić information content (AvgIpc) is 2.53. The quantitative estimate of drug-likeness (QED) is 0.752. The molecule has 0 saturated carbocycles. The molecule has 2 aromatic carbocycles. The summed E-state index contributed by atoms with van der Waals surface area (Å²) in [5.41, 5.74) is 7.28. The van der Waals surface area contributed by atoms with E-state index in [1.54, 1.807) is 37.4 Å². The van der Waals surface area contributed by atoms with Crippen LogP contribution in [0.15, 0.2) is 48.5 Å². The van der Waals surface area contributed by atoms with Crippen LogP contribution in [0.3, 0.4) is 0 Å². The number of amides is 3. The van der Waals surface area contributed by atoms with Gasteiger partial charge >= 0.3 is 6.03 Å². The molecule has 4 N–H and O–H groups in total. The highest BCUT2D eigenvalue weighted by Crippen LogP contribution is 2.16. The third-order valence-corrected chi connectivity index (χ3v) is 3.03. The zero-order chi connectivity index (χ0) is 15.9. The Balaban J connectivity index is 1.90. The van der Waals surface area contributed by atoms with Gasteiger partial charge in [0, 0.05) is 23.4 Å². The lowest BCUT2D eigenvalue weighted by atomic mass is 10.2. The van der Waals surface area contributed by atoms with Gasteiger partial charge in [0.25, 0.3) is 5.91 Å². The van der Waals surface area contributed by atoms with Crippen LogP contribution in [-0.2, 0) is 6.54 Å². The Morgan fingerprint density at radius 2 is 1.77 bits per heavy atom. The number of ether oxygens (including phenoxy) is 1. The number of hydrogen-bond donors (Lipinski definition) is 3. The first-order chi connectivity index (χ1) is 10.6. The van der Waals surface area contributed by atoms with Crippen LogP contribution in [0.25, 0.3) is 0 Å². The molecule has 0 fully saturated rings. The molecule has 0 aliphatic carbocycles. The van der Waals surface area contributed by atoms with E-state index in [1.165, 1.54) is 0 Å². The molecule has 0 aromatic heterocycles. The zero-order valence-electron chi connectivity index (χ0n) is 12.1. The number of hydrogen-bond acceptors (Lipinski definition) is 4. The van der Waals surface area contributed by atoms with E-state index in [2.05, 4.69) is 10.6 Å². The van der Waals surface area contributed by atoms with Crippen LogP contribution in [-0.4, -0.2) is 19.0 Å². The molecular weight excluding hydrogens is 282 g/mol. The maximum absolute atomic E-state index is 11.9. The summed E-state index contributed by atoms with van der Waals surface area (Å²) < 4.78 is 5.19. The molecule has 6 nitrogen and oxygen atoms in total. The fourth-order valence-electron chi connectivity index (χ4n) is 1.88. The van der Waals surface area contributed by atoms with Gasteiger partial charge in [0.1, 0.15) is 5.75 Å². The first kappa shape index (κ1) is 15.4. The van der Waals surface area contributed by atoms with E-state index >= 15 is 0 Å². The number of nitrogen functional groups attached to an aromatic ring is 1. The van der Waals surface area contributed by atoms with Crippen LogP contribution >= 0.6 is 0 Å². The SMILES string of the molecule is COc1ccccc1CNC(=O)NC(=O)c1ccc(N)cc1. The molecule has 0 radical (unpaired) electrons. The molecule has 3 amide bonds. The number of rotatable bonds is 4. The first-order valence-electron chi connectivity index (χ1n) is 6.67. The molecule has 0 spiro atoms. The number of benzene rings is 2. The molecule has 2 rings (SSSR count). The maximum atomic E-state index is 11.9. The van der Waals surface area contributed by atoms with Gasteiger partial charge in [-0.05, 0) is 30.3 Å². The van der Waals surface area contributed by atoms with Crippen molar-refractivity contribution in [2.75, 3.05) is 12.8 Å². The van der Waals surface area contributed by atoms with Crippen molar-refractivity contribution in [1.29, 1.82) is 0 Å². The molecule has 2 aromatic rings. The monoisotopic (exact) mass is 299 g/mol. The minimum atomic E-state index is -0.576. The Hall–Kier alpha value is -3.02. The zero-order valence-corrected chi connectivity index (χ0v) is 12.1. The van der Waals surface area contributed by atoms with Crippen LogP contribution in [0, 0.1) is 0 Å². The Morgan fingerprint density at radius 3 is 2.45 bits per heavy atom. The number of urea groups is 1. The number of para-hydroxylation sites is 1. The lowest BCUT2D eigenvalue weighted by molar-refractivity contribution is 0.0964. The van der Waals surface area contributed by atoms with Gasteiger partial charge in [0.15, 0.2) is 0 Å². The van der Waals surface area contributed by atoms with Gasteiger partial charge in [-0.3, -0.25) is 10.1 Å². The van der Waals surface area contributed by atoms with Crippen molar-refractivity contribution in [2.24, 2.45) is 0 Å². The second-order valence-corrected chi connectivity index (χ2v) is 4.57. The molecule has 0 bridgehead atoms.